The van der Waals surface area contributed by atoms with Gasteiger partial charge in [-0.05, 0) is 66.4 Å². The molecule has 0 aliphatic carbocycles. The number of hydrogen-bond acceptors (Lipinski definition) is 1. The lowest BCUT2D eigenvalue weighted by Gasteiger charge is -2.15. The molecule has 0 atom stereocenters. The van der Waals surface area contributed by atoms with Gasteiger partial charge in [-0.1, -0.05) is 68.3 Å². The number of nitrogens with zero attached hydrogens (tertiary/aromatic N) is 1. The first-order valence-corrected chi connectivity index (χ1v) is 10.8. The maximum absolute atomic E-state index is 5.38. The molecule has 152 valence electrons. The van der Waals surface area contributed by atoms with Crippen molar-refractivity contribution in [3.63, 3.8) is 0 Å². The minimum atomic E-state index is 0.878. The molecule has 0 aliphatic rings. The Morgan fingerprint density at radius 1 is 0.733 bits per heavy atom. The van der Waals surface area contributed by atoms with E-state index in [0.717, 1.165) is 12.2 Å². The lowest BCUT2D eigenvalue weighted by atomic mass is 10.0. The molecule has 2 heteroatoms. The highest BCUT2D eigenvalue weighted by atomic mass is 16.5. The van der Waals surface area contributed by atoms with Crippen LogP contribution in [-0.4, -0.2) is 11.7 Å². The summed E-state index contributed by atoms with van der Waals surface area (Å²) in [5, 5.41) is 0. The van der Waals surface area contributed by atoms with E-state index in [1.165, 1.54) is 53.0 Å². The fourth-order valence-corrected chi connectivity index (χ4v) is 4.05. The van der Waals surface area contributed by atoms with Gasteiger partial charge in [0.1, 0.15) is 5.75 Å². The molecule has 0 bridgehead atoms. The minimum absolute atomic E-state index is 0.878. The average Bonchev–Trinajstić information content (AvgIpc) is 3.20. The van der Waals surface area contributed by atoms with Gasteiger partial charge in [0.25, 0.3) is 0 Å². The summed E-state index contributed by atoms with van der Waals surface area (Å²) >= 11 is 0. The van der Waals surface area contributed by atoms with Crippen LogP contribution in [0.15, 0.2) is 91.0 Å². The van der Waals surface area contributed by atoms with Gasteiger partial charge in [0.15, 0.2) is 0 Å². The maximum atomic E-state index is 5.38. The smallest absolute Gasteiger partial charge is 0.118 e. The SMILES string of the molecule is CCCCCc1c(-c2ccccc2)cc(-c2ccc(OC)cc2)n1-c1ccccc1. The second-order valence-corrected chi connectivity index (χ2v) is 7.61. The van der Waals surface area contributed by atoms with Gasteiger partial charge in [-0.25, -0.2) is 0 Å². The molecule has 1 heterocycles. The largest absolute Gasteiger partial charge is 0.497 e. The molecule has 3 aromatic carbocycles. The average molecular weight is 396 g/mol. The molecule has 0 amide bonds. The zero-order valence-electron chi connectivity index (χ0n) is 17.8. The number of rotatable bonds is 8. The van der Waals surface area contributed by atoms with Gasteiger partial charge in [-0.15, -0.1) is 0 Å². The van der Waals surface area contributed by atoms with E-state index in [1.54, 1.807) is 7.11 Å². The van der Waals surface area contributed by atoms with E-state index in [4.69, 9.17) is 4.74 Å². The molecule has 0 N–H and O–H groups in total. The highest BCUT2D eigenvalue weighted by Gasteiger charge is 2.18. The van der Waals surface area contributed by atoms with Crippen molar-refractivity contribution in [1.29, 1.82) is 0 Å². The molecule has 0 saturated carbocycles. The number of benzene rings is 3. The van der Waals surface area contributed by atoms with Crippen molar-refractivity contribution in [2.24, 2.45) is 0 Å². The number of para-hydroxylation sites is 1. The Hall–Kier alpha value is -3.26. The first-order chi connectivity index (χ1) is 14.8. The summed E-state index contributed by atoms with van der Waals surface area (Å²) < 4.78 is 7.82. The summed E-state index contributed by atoms with van der Waals surface area (Å²) in [5.74, 6) is 0.878. The molecular weight excluding hydrogens is 366 g/mol. The molecule has 30 heavy (non-hydrogen) atoms. The van der Waals surface area contributed by atoms with Gasteiger partial charge in [-0.3, -0.25) is 0 Å². The van der Waals surface area contributed by atoms with E-state index >= 15 is 0 Å². The summed E-state index contributed by atoms with van der Waals surface area (Å²) in [7, 11) is 1.71. The van der Waals surface area contributed by atoms with Crippen LogP contribution in [0, 0.1) is 0 Å². The second kappa shape index (κ2) is 9.49. The molecule has 4 rings (SSSR count). The van der Waals surface area contributed by atoms with E-state index in [-0.39, 0.29) is 0 Å². The Bertz CT molecular complexity index is 1060. The van der Waals surface area contributed by atoms with Crippen LogP contribution >= 0.6 is 0 Å². The van der Waals surface area contributed by atoms with Crippen molar-refractivity contribution < 1.29 is 4.74 Å². The van der Waals surface area contributed by atoms with Crippen molar-refractivity contribution in [2.45, 2.75) is 32.6 Å². The van der Waals surface area contributed by atoms with E-state index in [1.807, 2.05) is 12.1 Å². The zero-order chi connectivity index (χ0) is 20.8. The molecule has 4 aromatic rings. The molecule has 1 aromatic heterocycles. The topological polar surface area (TPSA) is 14.2 Å². The van der Waals surface area contributed by atoms with Gasteiger partial charge < -0.3 is 9.30 Å². The third kappa shape index (κ3) is 4.18. The van der Waals surface area contributed by atoms with Gasteiger partial charge in [0.05, 0.1) is 12.8 Å². The Morgan fingerprint density at radius 3 is 2.03 bits per heavy atom. The standard InChI is InChI=1S/C28H29NO/c1-3-4-7-16-27-26(22-12-8-5-9-13-22)21-28(23-17-19-25(30-2)20-18-23)29(27)24-14-10-6-11-15-24/h5-6,8-15,17-21H,3-4,7,16H2,1-2H3. The Labute approximate surface area is 179 Å². The maximum Gasteiger partial charge on any atom is 0.118 e. The van der Waals surface area contributed by atoms with Gasteiger partial charge in [-0.2, -0.15) is 0 Å². The van der Waals surface area contributed by atoms with Crippen molar-refractivity contribution in [2.75, 3.05) is 7.11 Å². The predicted molar refractivity (Wildman–Crippen MR) is 126 cm³/mol. The molecule has 0 radical (unpaired) electrons. The number of ether oxygens (including phenoxy) is 1. The molecule has 0 fully saturated rings. The second-order valence-electron chi connectivity index (χ2n) is 7.61. The predicted octanol–water partition coefficient (Wildman–Crippen LogP) is 7.55. The van der Waals surface area contributed by atoms with E-state index in [0.29, 0.717) is 0 Å². The van der Waals surface area contributed by atoms with Crippen molar-refractivity contribution in [3.8, 4) is 33.8 Å². The third-order valence-corrected chi connectivity index (χ3v) is 5.60. The summed E-state index contributed by atoms with van der Waals surface area (Å²) in [4.78, 5) is 0. The van der Waals surface area contributed by atoms with Crippen LogP contribution in [0.2, 0.25) is 0 Å². The highest BCUT2D eigenvalue weighted by Crippen LogP contribution is 2.36. The molecule has 2 nitrogen and oxygen atoms in total. The number of hydrogen-bond donors (Lipinski definition) is 0. The lowest BCUT2D eigenvalue weighted by molar-refractivity contribution is 0.415. The zero-order valence-corrected chi connectivity index (χ0v) is 17.8. The summed E-state index contributed by atoms with van der Waals surface area (Å²) in [6.07, 6.45) is 4.71. The van der Waals surface area contributed by atoms with Crippen molar-refractivity contribution in [3.05, 3.63) is 96.7 Å². The first kappa shape index (κ1) is 20.0. The van der Waals surface area contributed by atoms with Crippen LogP contribution in [0.5, 0.6) is 5.75 Å². The Morgan fingerprint density at radius 2 is 1.40 bits per heavy atom. The van der Waals surface area contributed by atoms with Crippen molar-refractivity contribution in [1.82, 2.24) is 4.57 Å². The van der Waals surface area contributed by atoms with Crippen LogP contribution in [0.4, 0.5) is 0 Å². The van der Waals surface area contributed by atoms with E-state index in [2.05, 4.69) is 90.4 Å². The fourth-order valence-electron chi connectivity index (χ4n) is 4.05. The van der Waals surface area contributed by atoms with Crippen LogP contribution in [0.25, 0.3) is 28.1 Å². The fraction of sp³-hybridized carbons (Fsp3) is 0.214. The molecule has 0 unspecified atom stereocenters. The molecule has 0 saturated heterocycles. The lowest BCUT2D eigenvalue weighted by Crippen LogP contribution is -2.03. The van der Waals surface area contributed by atoms with Gasteiger partial charge in [0.2, 0.25) is 0 Å². The van der Waals surface area contributed by atoms with Crippen LogP contribution < -0.4 is 4.74 Å². The number of methoxy groups -OCH3 is 1. The first-order valence-electron chi connectivity index (χ1n) is 10.8. The van der Waals surface area contributed by atoms with E-state index < -0.39 is 0 Å². The summed E-state index contributed by atoms with van der Waals surface area (Å²) in [6, 6.07) is 32.2. The third-order valence-electron chi connectivity index (χ3n) is 5.60. The highest BCUT2D eigenvalue weighted by molar-refractivity contribution is 5.77. The quantitative estimate of drug-likeness (QED) is 0.281. The normalized spacial score (nSPS) is 10.9. The van der Waals surface area contributed by atoms with Crippen LogP contribution in [0.1, 0.15) is 31.9 Å². The van der Waals surface area contributed by atoms with Gasteiger partial charge >= 0.3 is 0 Å². The summed E-state index contributed by atoms with van der Waals surface area (Å²) in [5.41, 5.74) is 7.59. The van der Waals surface area contributed by atoms with Crippen molar-refractivity contribution >= 4 is 0 Å². The van der Waals surface area contributed by atoms with Crippen LogP contribution in [0.3, 0.4) is 0 Å². The number of unbranched alkanes of at least 4 members (excludes halogenated alkanes) is 2. The monoisotopic (exact) mass is 395 g/mol. The molecule has 0 spiro atoms. The summed E-state index contributed by atoms with van der Waals surface area (Å²) in [6.45, 7) is 2.26. The molecule has 0 aliphatic heterocycles. The number of aromatic nitrogens is 1. The Kier molecular flexibility index (Phi) is 6.34. The molecular formula is C28H29NO. The Balaban J connectivity index is 1.93. The van der Waals surface area contributed by atoms with Gasteiger partial charge in [0, 0.05) is 16.9 Å². The van der Waals surface area contributed by atoms with E-state index in [9.17, 15) is 0 Å². The van der Waals surface area contributed by atoms with Crippen LogP contribution in [-0.2, 0) is 6.42 Å². The minimum Gasteiger partial charge on any atom is -0.497 e.